The largest absolute Gasteiger partial charge is 0.473 e. The van der Waals surface area contributed by atoms with Crippen molar-refractivity contribution in [3.05, 3.63) is 34.6 Å². The number of rotatable bonds is 4. The minimum atomic E-state index is -0.381. The smallest absolute Gasteiger partial charge is 0.259 e. The van der Waals surface area contributed by atoms with Crippen LogP contribution in [0.25, 0.3) is 0 Å². The molecule has 1 saturated heterocycles. The molecule has 2 aromatic rings. The zero-order valence-corrected chi connectivity index (χ0v) is 15.8. The van der Waals surface area contributed by atoms with E-state index in [9.17, 15) is 4.79 Å². The summed E-state index contributed by atoms with van der Waals surface area (Å²) in [5, 5.41) is 6.91. The Kier molecular flexibility index (Phi) is 5.48. The van der Waals surface area contributed by atoms with Crippen LogP contribution in [-0.2, 0) is 10.2 Å². The maximum Gasteiger partial charge on any atom is 0.259 e. The molecule has 26 heavy (non-hydrogen) atoms. The molecule has 0 saturated carbocycles. The Bertz CT molecular complexity index is 779. The first-order valence-corrected chi connectivity index (χ1v) is 8.89. The molecule has 8 heteroatoms. The number of carbonyl (C=O) groups is 1. The second-order valence-corrected chi connectivity index (χ2v) is 7.63. The number of pyridine rings is 1. The number of anilines is 1. The number of aromatic nitrogens is 2. The predicted molar refractivity (Wildman–Crippen MR) is 96.9 cm³/mol. The molecule has 0 bridgehead atoms. The van der Waals surface area contributed by atoms with Crippen molar-refractivity contribution < 1.29 is 18.8 Å². The molecule has 1 aliphatic rings. The molecule has 0 unspecified atom stereocenters. The van der Waals surface area contributed by atoms with Gasteiger partial charge in [0.1, 0.15) is 11.1 Å². The third-order valence-electron chi connectivity index (χ3n) is 4.03. The lowest BCUT2D eigenvalue weighted by atomic mass is 9.92. The van der Waals surface area contributed by atoms with E-state index in [0.29, 0.717) is 24.7 Å². The first-order chi connectivity index (χ1) is 12.3. The van der Waals surface area contributed by atoms with Gasteiger partial charge in [0, 0.05) is 30.5 Å². The standard InChI is InChI=1S/C18H22ClN3O4/c1-18(2,3)14-9-15(26-22-14)21-16(23)11-8-13(19)17(20-10-11)25-12-4-6-24-7-5-12/h8-10,12H,4-7H2,1-3H3,(H,21,23). The maximum atomic E-state index is 12.4. The van der Waals surface area contributed by atoms with E-state index < -0.39 is 0 Å². The third-order valence-corrected chi connectivity index (χ3v) is 4.30. The summed E-state index contributed by atoms with van der Waals surface area (Å²) in [7, 11) is 0. The van der Waals surface area contributed by atoms with Gasteiger partial charge in [-0.05, 0) is 6.07 Å². The molecule has 1 aliphatic heterocycles. The van der Waals surface area contributed by atoms with Crippen molar-refractivity contribution in [3.63, 3.8) is 0 Å². The van der Waals surface area contributed by atoms with Gasteiger partial charge >= 0.3 is 0 Å². The fourth-order valence-electron chi connectivity index (χ4n) is 2.46. The first-order valence-electron chi connectivity index (χ1n) is 8.51. The molecule has 1 fully saturated rings. The van der Waals surface area contributed by atoms with Crippen molar-refractivity contribution in [2.45, 2.75) is 45.1 Å². The summed E-state index contributed by atoms with van der Waals surface area (Å²) in [4.78, 5) is 16.5. The number of halogens is 1. The zero-order chi connectivity index (χ0) is 18.7. The quantitative estimate of drug-likeness (QED) is 0.868. The van der Waals surface area contributed by atoms with Crippen LogP contribution < -0.4 is 10.1 Å². The van der Waals surface area contributed by atoms with Gasteiger partial charge < -0.3 is 14.0 Å². The molecule has 3 heterocycles. The highest BCUT2D eigenvalue weighted by molar-refractivity contribution is 6.32. The third kappa shape index (κ3) is 4.53. The molecule has 1 amide bonds. The second kappa shape index (κ2) is 7.63. The van der Waals surface area contributed by atoms with E-state index in [0.717, 1.165) is 18.5 Å². The number of ether oxygens (including phenoxy) is 2. The fraction of sp³-hybridized carbons (Fsp3) is 0.500. The molecular formula is C18H22ClN3O4. The molecule has 140 valence electrons. The second-order valence-electron chi connectivity index (χ2n) is 7.22. The Morgan fingerprint density at radius 3 is 2.65 bits per heavy atom. The Hall–Kier alpha value is -2.12. The number of hydrogen-bond acceptors (Lipinski definition) is 6. The van der Waals surface area contributed by atoms with Gasteiger partial charge in [0.05, 0.1) is 24.5 Å². The van der Waals surface area contributed by atoms with Crippen LogP contribution >= 0.6 is 11.6 Å². The SMILES string of the molecule is CC(C)(C)c1cc(NC(=O)c2cnc(OC3CCOCC3)c(Cl)c2)on1. The van der Waals surface area contributed by atoms with E-state index in [1.165, 1.54) is 12.3 Å². The van der Waals surface area contributed by atoms with Crippen molar-refractivity contribution in [1.82, 2.24) is 10.1 Å². The normalized spacial score (nSPS) is 15.7. The van der Waals surface area contributed by atoms with Gasteiger partial charge in [-0.25, -0.2) is 4.98 Å². The minimum Gasteiger partial charge on any atom is -0.473 e. The van der Waals surface area contributed by atoms with Crippen molar-refractivity contribution in [1.29, 1.82) is 0 Å². The number of nitrogens with one attached hydrogen (secondary N) is 1. The van der Waals surface area contributed by atoms with Gasteiger partial charge in [-0.15, -0.1) is 0 Å². The van der Waals surface area contributed by atoms with Crippen LogP contribution in [0, 0.1) is 0 Å². The van der Waals surface area contributed by atoms with Crippen LogP contribution in [0.15, 0.2) is 22.9 Å². The average Bonchev–Trinajstić information content (AvgIpc) is 3.06. The molecule has 3 rings (SSSR count). The monoisotopic (exact) mass is 379 g/mol. The number of nitrogens with zero attached hydrogens (tertiary/aromatic N) is 2. The minimum absolute atomic E-state index is 0.0263. The highest BCUT2D eigenvalue weighted by Crippen LogP contribution is 2.27. The Morgan fingerprint density at radius 2 is 2.04 bits per heavy atom. The lowest BCUT2D eigenvalue weighted by molar-refractivity contribution is 0.0238. The van der Waals surface area contributed by atoms with Crippen molar-refractivity contribution in [2.24, 2.45) is 0 Å². The van der Waals surface area contributed by atoms with Gasteiger partial charge in [0.25, 0.3) is 5.91 Å². The van der Waals surface area contributed by atoms with Crippen LogP contribution in [0.5, 0.6) is 5.88 Å². The van der Waals surface area contributed by atoms with Crippen LogP contribution in [0.2, 0.25) is 5.02 Å². The maximum absolute atomic E-state index is 12.4. The first kappa shape index (κ1) is 18.7. The van der Waals surface area contributed by atoms with Gasteiger partial charge in [0.2, 0.25) is 11.8 Å². The van der Waals surface area contributed by atoms with Crippen molar-refractivity contribution in [2.75, 3.05) is 18.5 Å². The molecule has 0 aliphatic carbocycles. The average molecular weight is 380 g/mol. The molecule has 1 N–H and O–H groups in total. The van der Waals surface area contributed by atoms with Gasteiger partial charge in [-0.1, -0.05) is 37.5 Å². The summed E-state index contributed by atoms with van der Waals surface area (Å²) in [5.74, 6) is 0.219. The highest BCUT2D eigenvalue weighted by Gasteiger charge is 2.21. The van der Waals surface area contributed by atoms with E-state index in [1.807, 2.05) is 20.8 Å². The van der Waals surface area contributed by atoms with Crippen LogP contribution in [-0.4, -0.2) is 35.4 Å². The Morgan fingerprint density at radius 1 is 1.31 bits per heavy atom. The van der Waals surface area contributed by atoms with Crippen LogP contribution in [0.1, 0.15) is 49.7 Å². The number of carbonyl (C=O) groups excluding carboxylic acids is 1. The highest BCUT2D eigenvalue weighted by atomic mass is 35.5. The van der Waals surface area contributed by atoms with Crippen LogP contribution in [0.4, 0.5) is 5.88 Å². The summed E-state index contributed by atoms with van der Waals surface area (Å²) >= 11 is 6.23. The Labute approximate surface area is 157 Å². The zero-order valence-electron chi connectivity index (χ0n) is 15.0. The molecule has 0 atom stereocenters. The van der Waals surface area contributed by atoms with E-state index in [4.69, 9.17) is 25.6 Å². The van der Waals surface area contributed by atoms with Gasteiger partial charge in [0.15, 0.2) is 0 Å². The summed E-state index contributed by atoms with van der Waals surface area (Å²) < 4.78 is 16.3. The van der Waals surface area contributed by atoms with E-state index in [2.05, 4.69) is 15.5 Å². The van der Waals surface area contributed by atoms with Crippen LogP contribution in [0.3, 0.4) is 0 Å². The molecule has 0 spiro atoms. The van der Waals surface area contributed by atoms with Crippen molar-refractivity contribution >= 4 is 23.4 Å². The molecule has 7 nitrogen and oxygen atoms in total. The summed E-state index contributed by atoms with van der Waals surface area (Å²) in [5.41, 5.74) is 0.896. The molecule has 2 aromatic heterocycles. The Balaban J connectivity index is 1.66. The lowest BCUT2D eigenvalue weighted by Gasteiger charge is -2.23. The van der Waals surface area contributed by atoms with Crippen molar-refractivity contribution in [3.8, 4) is 5.88 Å². The molecule has 0 radical (unpaired) electrons. The summed E-state index contributed by atoms with van der Waals surface area (Å²) in [6.45, 7) is 7.36. The topological polar surface area (TPSA) is 86.5 Å². The van der Waals surface area contributed by atoms with E-state index in [-0.39, 0.29) is 28.3 Å². The van der Waals surface area contributed by atoms with E-state index in [1.54, 1.807) is 6.07 Å². The number of amides is 1. The fourth-order valence-corrected chi connectivity index (χ4v) is 2.67. The number of hydrogen-bond donors (Lipinski definition) is 1. The summed E-state index contributed by atoms with van der Waals surface area (Å²) in [6.07, 6.45) is 3.04. The summed E-state index contributed by atoms with van der Waals surface area (Å²) in [6, 6.07) is 3.23. The van der Waals surface area contributed by atoms with Gasteiger partial charge in [-0.2, -0.15) is 0 Å². The lowest BCUT2D eigenvalue weighted by Crippen LogP contribution is -2.26. The van der Waals surface area contributed by atoms with E-state index >= 15 is 0 Å². The molecular weight excluding hydrogens is 358 g/mol. The predicted octanol–water partition coefficient (Wildman–Crippen LogP) is 3.83. The van der Waals surface area contributed by atoms with Gasteiger partial charge in [-0.3, -0.25) is 10.1 Å². The molecule has 0 aromatic carbocycles.